The molecule has 1 saturated heterocycles. The maximum Gasteiger partial charge on any atom is 0.141 e. The van der Waals surface area contributed by atoms with Gasteiger partial charge in [-0.1, -0.05) is 11.6 Å². The molecule has 1 aliphatic heterocycles. The SMILES string of the molecule is Cc1nc(N2CCN(Cc3ccc(Cl)s3)CC2)c2c3c(sc2n1)CCC3. The Balaban J connectivity index is 1.38. The summed E-state index contributed by atoms with van der Waals surface area (Å²) in [6.45, 7) is 7.19. The van der Waals surface area contributed by atoms with Crippen molar-refractivity contribution in [3.05, 3.63) is 37.6 Å². The number of aromatic nitrogens is 2. The van der Waals surface area contributed by atoms with E-state index in [2.05, 4.69) is 15.9 Å². The lowest BCUT2D eigenvalue weighted by atomic mass is 10.1. The number of nitrogens with zero attached hydrogens (tertiary/aromatic N) is 4. The summed E-state index contributed by atoms with van der Waals surface area (Å²) in [7, 11) is 0. The van der Waals surface area contributed by atoms with Crippen molar-refractivity contribution in [2.75, 3.05) is 31.1 Å². The van der Waals surface area contributed by atoms with Gasteiger partial charge in [-0.3, -0.25) is 4.90 Å². The summed E-state index contributed by atoms with van der Waals surface area (Å²) in [6.07, 6.45) is 3.68. The molecule has 0 atom stereocenters. The number of aryl methyl sites for hydroxylation is 3. The molecule has 4 heterocycles. The average Bonchev–Trinajstić information content (AvgIpc) is 3.31. The summed E-state index contributed by atoms with van der Waals surface area (Å²) in [5, 5.41) is 1.34. The first kappa shape index (κ1) is 16.9. The van der Waals surface area contributed by atoms with Crippen molar-refractivity contribution in [2.24, 2.45) is 0 Å². The van der Waals surface area contributed by atoms with Gasteiger partial charge in [0.1, 0.15) is 16.5 Å². The van der Waals surface area contributed by atoms with E-state index < -0.39 is 0 Å². The van der Waals surface area contributed by atoms with E-state index in [0.29, 0.717) is 0 Å². The van der Waals surface area contributed by atoms with Gasteiger partial charge in [-0.2, -0.15) is 0 Å². The molecule has 0 aromatic carbocycles. The first-order valence-corrected chi connectivity index (χ1v) is 11.2. The standard InChI is InChI=1S/C19H21ClN4S2/c1-12-21-18(17-14-3-2-4-15(14)26-19(17)22-12)24-9-7-23(8-10-24)11-13-5-6-16(20)25-13/h5-6H,2-4,7-11H2,1H3. The maximum absolute atomic E-state index is 6.07. The summed E-state index contributed by atoms with van der Waals surface area (Å²) in [6, 6.07) is 4.14. The van der Waals surface area contributed by atoms with Crippen LogP contribution >= 0.6 is 34.3 Å². The molecule has 0 saturated carbocycles. The summed E-state index contributed by atoms with van der Waals surface area (Å²) < 4.78 is 0.879. The molecule has 0 bridgehead atoms. The molecule has 0 spiro atoms. The largest absolute Gasteiger partial charge is 0.353 e. The number of fused-ring (bicyclic) bond motifs is 3. The molecule has 2 aliphatic rings. The lowest BCUT2D eigenvalue weighted by molar-refractivity contribution is 0.251. The zero-order chi connectivity index (χ0) is 17.7. The van der Waals surface area contributed by atoms with Crippen LogP contribution in [0.5, 0.6) is 0 Å². The van der Waals surface area contributed by atoms with Crippen LogP contribution in [-0.4, -0.2) is 41.0 Å². The van der Waals surface area contributed by atoms with Crippen LogP contribution in [0.1, 0.15) is 27.6 Å². The molecule has 0 radical (unpaired) electrons. The monoisotopic (exact) mass is 404 g/mol. The van der Waals surface area contributed by atoms with Gasteiger partial charge in [0.15, 0.2) is 0 Å². The molecule has 7 heteroatoms. The number of hydrogen-bond acceptors (Lipinski definition) is 6. The highest BCUT2D eigenvalue weighted by Gasteiger charge is 2.26. The molecule has 3 aromatic heterocycles. The van der Waals surface area contributed by atoms with Crippen molar-refractivity contribution < 1.29 is 0 Å². The second-order valence-corrected chi connectivity index (χ2v) is 9.98. The van der Waals surface area contributed by atoms with Gasteiger partial charge in [-0.05, 0) is 43.9 Å². The number of hydrogen-bond donors (Lipinski definition) is 0. The molecule has 4 nitrogen and oxygen atoms in total. The first-order valence-electron chi connectivity index (χ1n) is 9.18. The van der Waals surface area contributed by atoms with E-state index in [1.165, 1.54) is 50.6 Å². The summed E-state index contributed by atoms with van der Waals surface area (Å²) in [5.41, 5.74) is 1.52. The predicted octanol–water partition coefficient (Wildman–Crippen LogP) is 4.53. The van der Waals surface area contributed by atoms with Crippen LogP contribution in [0.25, 0.3) is 10.2 Å². The Morgan fingerprint density at radius 1 is 1.08 bits per heavy atom. The summed E-state index contributed by atoms with van der Waals surface area (Å²) in [5.74, 6) is 2.06. The lowest BCUT2D eigenvalue weighted by Gasteiger charge is -2.35. The molecule has 0 unspecified atom stereocenters. The van der Waals surface area contributed by atoms with Gasteiger partial charge in [-0.15, -0.1) is 22.7 Å². The number of halogens is 1. The molecular formula is C19H21ClN4S2. The van der Waals surface area contributed by atoms with Gasteiger partial charge in [0.25, 0.3) is 0 Å². The first-order chi connectivity index (χ1) is 12.7. The van der Waals surface area contributed by atoms with Crippen molar-refractivity contribution in [3.8, 4) is 0 Å². The Morgan fingerprint density at radius 3 is 2.69 bits per heavy atom. The average molecular weight is 405 g/mol. The normalized spacial score (nSPS) is 18.0. The fraction of sp³-hybridized carbons (Fsp3) is 0.474. The van der Waals surface area contributed by atoms with Crippen LogP contribution in [0.4, 0.5) is 5.82 Å². The topological polar surface area (TPSA) is 32.3 Å². The van der Waals surface area contributed by atoms with Crippen molar-refractivity contribution in [1.29, 1.82) is 0 Å². The Hall–Kier alpha value is -1.21. The highest BCUT2D eigenvalue weighted by atomic mass is 35.5. The third kappa shape index (κ3) is 3.03. The van der Waals surface area contributed by atoms with Gasteiger partial charge >= 0.3 is 0 Å². The fourth-order valence-corrected chi connectivity index (χ4v) is 6.52. The van der Waals surface area contributed by atoms with Crippen molar-refractivity contribution in [1.82, 2.24) is 14.9 Å². The van der Waals surface area contributed by atoms with Crippen LogP contribution in [0.3, 0.4) is 0 Å². The summed E-state index contributed by atoms with van der Waals surface area (Å²) in [4.78, 5) is 18.7. The second kappa shape index (κ2) is 6.75. The molecule has 1 aliphatic carbocycles. The van der Waals surface area contributed by atoms with Crippen LogP contribution in [0.15, 0.2) is 12.1 Å². The quantitative estimate of drug-likeness (QED) is 0.642. The molecule has 5 rings (SSSR count). The number of piperazine rings is 1. The van der Waals surface area contributed by atoms with E-state index >= 15 is 0 Å². The Labute approximate surface area is 166 Å². The van der Waals surface area contributed by atoms with Crippen LogP contribution in [0, 0.1) is 6.92 Å². The van der Waals surface area contributed by atoms with Gasteiger partial charge < -0.3 is 4.90 Å². The molecule has 0 amide bonds. The van der Waals surface area contributed by atoms with Crippen LogP contribution in [0.2, 0.25) is 4.34 Å². The number of rotatable bonds is 3. The third-order valence-corrected chi connectivity index (χ3v) is 7.74. The van der Waals surface area contributed by atoms with Crippen LogP contribution < -0.4 is 4.90 Å². The van der Waals surface area contributed by atoms with E-state index in [-0.39, 0.29) is 0 Å². The predicted molar refractivity (Wildman–Crippen MR) is 111 cm³/mol. The molecule has 136 valence electrons. The molecule has 3 aromatic rings. The minimum atomic E-state index is 0.879. The molecule has 26 heavy (non-hydrogen) atoms. The molecule has 0 N–H and O–H groups in total. The Kier molecular flexibility index (Phi) is 4.39. The second-order valence-electron chi connectivity index (χ2n) is 7.10. The van der Waals surface area contributed by atoms with Crippen LogP contribution in [-0.2, 0) is 19.4 Å². The van der Waals surface area contributed by atoms with E-state index in [1.807, 2.05) is 24.3 Å². The highest BCUT2D eigenvalue weighted by molar-refractivity contribution is 7.19. The van der Waals surface area contributed by atoms with E-state index in [9.17, 15) is 0 Å². The van der Waals surface area contributed by atoms with E-state index in [1.54, 1.807) is 11.3 Å². The maximum atomic E-state index is 6.07. The van der Waals surface area contributed by atoms with Gasteiger partial charge in [0.2, 0.25) is 0 Å². The zero-order valence-corrected chi connectivity index (χ0v) is 17.2. The van der Waals surface area contributed by atoms with Gasteiger partial charge in [0, 0.05) is 42.5 Å². The highest BCUT2D eigenvalue weighted by Crippen LogP contribution is 2.40. The Morgan fingerprint density at radius 2 is 1.92 bits per heavy atom. The smallest absolute Gasteiger partial charge is 0.141 e. The zero-order valence-electron chi connectivity index (χ0n) is 14.8. The number of anilines is 1. The molecule has 1 fully saturated rings. The lowest BCUT2D eigenvalue weighted by Crippen LogP contribution is -2.46. The van der Waals surface area contributed by atoms with Gasteiger partial charge in [0.05, 0.1) is 9.72 Å². The Bertz CT molecular complexity index is 956. The minimum Gasteiger partial charge on any atom is -0.353 e. The fourth-order valence-electron chi connectivity index (χ4n) is 4.08. The van der Waals surface area contributed by atoms with Crippen molar-refractivity contribution >= 4 is 50.3 Å². The van der Waals surface area contributed by atoms with Crippen molar-refractivity contribution in [3.63, 3.8) is 0 Å². The van der Waals surface area contributed by atoms with E-state index in [4.69, 9.17) is 21.6 Å². The van der Waals surface area contributed by atoms with Crippen molar-refractivity contribution in [2.45, 2.75) is 32.7 Å². The third-order valence-electron chi connectivity index (χ3n) is 5.34. The minimum absolute atomic E-state index is 0.879. The van der Waals surface area contributed by atoms with E-state index in [0.717, 1.165) is 42.9 Å². The number of thiophene rings is 2. The molecular weight excluding hydrogens is 384 g/mol. The van der Waals surface area contributed by atoms with Gasteiger partial charge in [-0.25, -0.2) is 9.97 Å². The summed E-state index contributed by atoms with van der Waals surface area (Å²) >= 11 is 9.64.